The number of thiophene rings is 1. The zero-order chi connectivity index (χ0) is 17.3. The number of hydrogen-bond acceptors (Lipinski definition) is 5. The molecule has 0 fully saturated rings. The first-order chi connectivity index (χ1) is 11.5. The highest BCUT2D eigenvalue weighted by Crippen LogP contribution is 2.39. The summed E-state index contributed by atoms with van der Waals surface area (Å²) in [7, 11) is 0. The topological polar surface area (TPSA) is 68.5 Å². The van der Waals surface area contributed by atoms with Crippen molar-refractivity contribution in [2.45, 2.75) is 13.8 Å². The number of nitrogen functional groups attached to an aromatic ring is 1. The minimum absolute atomic E-state index is 0.0453. The van der Waals surface area contributed by atoms with Crippen LogP contribution in [0.5, 0.6) is 11.5 Å². The smallest absolute Gasteiger partial charge is 0.224 e. The normalized spacial score (nSPS) is 10.8. The summed E-state index contributed by atoms with van der Waals surface area (Å²) < 4.78 is 20.4. The molecule has 0 unspecified atom stereocenters. The summed E-state index contributed by atoms with van der Waals surface area (Å²) in [5, 5.41) is 0.779. The van der Waals surface area contributed by atoms with Gasteiger partial charge in [0.1, 0.15) is 10.8 Å². The van der Waals surface area contributed by atoms with Gasteiger partial charge in [0, 0.05) is 37.5 Å². The van der Waals surface area contributed by atoms with Crippen LogP contribution < -0.4 is 15.4 Å². The molecule has 1 amide bonds. The number of hydrogen-bond donors (Lipinski definition) is 1. The highest BCUT2D eigenvalue weighted by Gasteiger charge is 2.16. The van der Waals surface area contributed by atoms with Gasteiger partial charge in [0.05, 0.1) is 10.2 Å². The molecule has 0 atom stereocenters. The van der Waals surface area contributed by atoms with E-state index in [1.165, 1.54) is 30.4 Å². The summed E-state index contributed by atoms with van der Waals surface area (Å²) >= 11 is 1.38. The average molecular weight is 345 g/mol. The summed E-state index contributed by atoms with van der Waals surface area (Å²) in [6.45, 7) is 3.98. The SMILES string of the molecule is CCN(C(C)=O)c1cc2nccc(Oc3ccc(N)cc3F)c2s1. The van der Waals surface area contributed by atoms with Gasteiger partial charge in [-0.05, 0) is 25.1 Å². The first kappa shape index (κ1) is 16.2. The van der Waals surface area contributed by atoms with Crippen molar-refractivity contribution in [1.82, 2.24) is 4.98 Å². The van der Waals surface area contributed by atoms with E-state index in [1.54, 1.807) is 23.2 Å². The number of aromatic nitrogens is 1. The van der Waals surface area contributed by atoms with Gasteiger partial charge in [-0.3, -0.25) is 9.78 Å². The van der Waals surface area contributed by atoms with E-state index in [2.05, 4.69) is 4.98 Å². The van der Waals surface area contributed by atoms with E-state index in [-0.39, 0.29) is 11.7 Å². The summed E-state index contributed by atoms with van der Waals surface area (Å²) in [5.41, 5.74) is 6.58. The molecule has 2 heterocycles. The maximum absolute atomic E-state index is 14.0. The molecule has 0 radical (unpaired) electrons. The van der Waals surface area contributed by atoms with Crippen LogP contribution in [0.4, 0.5) is 15.1 Å². The lowest BCUT2D eigenvalue weighted by Gasteiger charge is -2.15. The number of ether oxygens (including phenoxy) is 1. The second-order valence-electron chi connectivity index (χ2n) is 5.16. The van der Waals surface area contributed by atoms with Crippen molar-refractivity contribution < 1.29 is 13.9 Å². The maximum atomic E-state index is 14.0. The summed E-state index contributed by atoms with van der Waals surface area (Å²) in [6, 6.07) is 7.77. The third-order valence-corrected chi connectivity index (χ3v) is 4.66. The Hall–Kier alpha value is -2.67. The van der Waals surface area contributed by atoms with E-state index in [0.717, 1.165) is 9.70 Å². The van der Waals surface area contributed by atoms with E-state index in [1.807, 2.05) is 13.0 Å². The Bertz CT molecular complexity index is 910. The van der Waals surface area contributed by atoms with Crippen molar-refractivity contribution in [2.75, 3.05) is 17.2 Å². The number of carbonyl (C=O) groups excluding carboxylic acids is 1. The number of anilines is 2. The molecule has 1 aromatic carbocycles. The van der Waals surface area contributed by atoms with E-state index >= 15 is 0 Å². The number of nitrogens with zero attached hydrogens (tertiary/aromatic N) is 2. The Balaban J connectivity index is 2.02. The molecule has 0 aliphatic heterocycles. The van der Waals surface area contributed by atoms with Crippen LogP contribution >= 0.6 is 11.3 Å². The molecule has 0 aliphatic carbocycles. The number of amides is 1. The summed E-state index contributed by atoms with van der Waals surface area (Å²) in [4.78, 5) is 17.7. The molecule has 0 aliphatic rings. The van der Waals surface area contributed by atoms with Crippen molar-refractivity contribution >= 4 is 38.1 Å². The number of fused-ring (bicyclic) bond motifs is 1. The van der Waals surface area contributed by atoms with Gasteiger partial charge in [-0.2, -0.15) is 0 Å². The molecule has 0 saturated heterocycles. The number of rotatable bonds is 4. The third kappa shape index (κ3) is 3.03. The van der Waals surface area contributed by atoms with Crippen LogP contribution in [0.15, 0.2) is 36.5 Å². The third-order valence-electron chi connectivity index (χ3n) is 3.50. The molecule has 24 heavy (non-hydrogen) atoms. The van der Waals surface area contributed by atoms with Crippen LogP contribution in [0.3, 0.4) is 0 Å². The first-order valence-corrected chi connectivity index (χ1v) is 8.20. The molecule has 2 aromatic heterocycles. The second kappa shape index (κ2) is 6.45. The molecule has 0 saturated carbocycles. The van der Waals surface area contributed by atoms with Gasteiger partial charge in [0.15, 0.2) is 11.6 Å². The highest BCUT2D eigenvalue weighted by atomic mass is 32.1. The van der Waals surface area contributed by atoms with Crippen molar-refractivity contribution in [3.63, 3.8) is 0 Å². The Morgan fingerprint density at radius 1 is 1.33 bits per heavy atom. The van der Waals surface area contributed by atoms with Crippen LogP contribution in [-0.4, -0.2) is 17.4 Å². The predicted octanol–water partition coefficient (Wildman–Crippen LogP) is 4.18. The zero-order valence-corrected chi connectivity index (χ0v) is 14.1. The van der Waals surface area contributed by atoms with Crippen LogP contribution in [-0.2, 0) is 4.79 Å². The van der Waals surface area contributed by atoms with Gasteiger partial charge in [-0.25, -0.2) is 4.39 Å². The molecule has 7 heteroatoms. The monoisotopic (exact) mass is 345 g/mol. The van der Waals surface area contributed by atoms with Crippen LogP contribution in [0.1, 0.15) is 13.8 Å². The lowest BCUT2D eigenvalue weighted by Crippen LogP contribution is -2.26. The predicted molar refractivity (Wildman–Crippen MR) is 94.2 cm³/mol. The van der Waals surface area contributed by atoms with Crippen LogP contribution in [0, 0.1) is 5.82 Å². The van der Waals surface area contributed by atoms with E-state index in [9.17, 15) is 9.18 Å². The average Bonchev–Trinajstić information content (AvgIpc) is 2.95. The molecule has 3 aromatic rings. The fourth-order valence-corrected chi connectivity index (χ4v) is 3.54. The van der Waals surface area contributed by atoms with Crippen molar-refractivity contribution in [2.24, 2.45) is 0 Å². The Morgan fingerprint density at radius 3 is 2.79 bits per heavy atom. The van der Waals surface area contributed by atoms with Crippen molar-refractivity contribution in [1.29, 1.82) is 0 Å². The number of benzene rings is 1. The molecule has 3 rings (SSSR count). The fourth-order valence-electron chi connectivity index (χ4n) is 2.37. The number of pyridine rings is 1. The first-order valence-electron chi connectivity index (χ1n) is 7.39. The minimum Gasteiger partial charge on any atom is -0.453 e. The number of halogens is 1. The maximum Gasteiger partial charge on any atom is 0.224 e. The van der Waals surface area contributed by atoms with Gasteiger partial charge < -0.3 is 15.4 Å². The van der Waals surface area contributed by atoms with Gasteiger partial charge in [-0.1, -0.05) is 0 Å². The number of carbonyl (C=O) groups is 1. The number of nitrogens with two attached hydrogens (primary N) is 1. The fraction of sp³-hybridized carbons (Fsp3) is 0.176. The van der Waals surface area contributed by atoms with E-state index in [0.29, 0.717) is 23.5 Å². The van der Waals surface area contributed by atoms with E-state index in [4.69, 9.17) is 10.5 Å². The van der Waals surface area contributed by atoms with E-state index < -0.39 is 5.82 Å². The molecule has 2 N–H and O–H groups in total. The molecular formula is C17H16FN3O2S. The molecule has 124 valence electrons. The van der Waals surface area contributed by atoms with Crippen LogP contribution in [0.25, 0.3) is 10.2 Å². The van der Waals surface area contributed by atoms with Gasteiger partial charge in [0.25, 0.3) is 0 Å². The molecular weight excluding hydrogens is 329 g/mol. The molecule has 0 spiro atoms. The van der Waals surface area contributed by atoms with Gasteiger partial charge in [-0.15, -0.1) is 11.3 Å². The lowest BCUT2D eigenvalue weighted by molar-refractivity contribution is -0.116. The van der Waals surface area contributed by atoms with Crippen molar-refractivity contribution in [3.8, 4) is 11.5 Å². The van der Waals surface area contributed by atoms with Gasteiger partial charge >= 0.3 is 0 Å². The van der Waals surface area contributed by atoms with Gasteiger partial charge in [0.2, 0.25) is 5.91 Å². The second-order valence-corrected chi connectivity index (χ2v) is 6.19. The largest absolute Gasteiger partial charge is 0.453 e. The standard InChI is InChI=1S/C17H16FN3O2S/c1-3-21(10(2)22)16-9-13-17(24-16)15(6-7-20-13)23-14-5-4-11(19)8-12(14)18/h4-9H,3,19H2,1-2H3. The highest BCUT2D eigenvalue weighted by molar-refractivity contribution is 7.23. The summed E-state index contributed by atoms with van der Waals surface area (Å²) in [5.74, 6) is -0.00291. The zero-order valence-electron chi connectivity index (χ0n) is 13.2. The molecule has 0 bridgehead atoms. The Labute approximate surface area is 142 Å². The summed E-state index contributed by atoms with van der Waals surface area (Å²) in [6.07, 6.45) is 1.59. The quantitative estimate of drug-likeness (QED) is 0.720. The Kier molecular flexibility index (Phi) is 4.35. The molecule has 5 nitrogen and oxygen atoms in total. The minimum atomic E-state index is -0.532. The van der Waals surface area contributed by atoms with Crippen molar-refractivity contribution in [3.05, 3.63) is 42.3 Å². The van der Waals surface area contributed by atoms with Crippen LogP contribution in [0.2, 0.25) is 0 Å². The lowest BCUT2D eigenvalue weighted by atomic mass is 10.3. The Morgan fingerprint density at radius 2 is 2.12 bits per heavy atom.